The lowest BCUT2D eigenvalue weighted by molar-refractivity contribution is 0.272. The molecule has 2 rings (SSSR count). The van der Waals surface area contributed by atoms with E-state index in [1.807, 2.05) is 31.2 Å². The van der Waals surface area contributed by atoms with Gasteiger partial charge in [0, 0.05) is 5.56 Å². The van der Waals surface area contributed by atoms with E-state index in [4.69, 9.17) is 4.74 Å². The third-order valence-electron chi connectivity index (χ3n) is 3.07. The Kier molecular flexibility index (Phi) is 4.15. The summed E-state index contributed by atoms with van der Waals surface area (Å²) < 4.78 is 5.88. The lowest BCUT2D eigenvalue weighted by Gasteiger charge is -2.14. The number of aryl methyl sites for hydroxylation is 1. The number of aromatic nitrogens is 2. The summed E-state index contributed by atoms with van der Waals surface area (Å²) in [6.45, 7) is 9.10. The highest BCUT2D eigenvalue weighted by molar-refractivity contribution is 5.70. The van der Waals surface area contributed by atoms with E-state index in [1.165, 1.54) is 0 Å². The molecule has 0 saturated carbocycles. The van der Waals surface area contributed by atoms with Crippen LogP contribution < -0.4 is 4.74 Å². The Hall–Kier alpha value is -1.90. The van der Waals surface area contributed by atoms with Crippen LogP contribution in [-0.2, 0) is 0 Å². The molecule has 0 aliphatic heterocycles. The maximum atomic E-state index is 5.88. The predicted molar refractivity (Wildman–Crippen MR) is 77.3 cm³/mol. The van der Waals surface area contributed by atoms with Crippen LogP contribution in [0.3, 0.4) is 0 Å². The van der Waals surface area contributed by atoms with Crippen molar-refractivity contribution in [2.24, 2.45) is 5.92 Å². The van der Waals surface area contributed by atoms with E-state index < -0.39 is 0 Å². The van der Waals surface area contributed by atoms with Crippen molar-refractivity contribution in [2.45, 2.75) is 27.7 Å². The van der Waals surface area contributed by atoms with Crippen LogP contribution in [0.1, 0.15) is 25.0 Å². The summed E-state index contributed by atoms with van der Waals surface area (Å²) >= 11 is 0. The molecule has 0 atom stereocenters. The molecule has 0 aliphatic rings. The molecule has 0 radical (unpaired) electrons. The molecule has 100 valence electrons. The van der Waals surface area contributed by atoms with Crippen molar-refractivity contribution in [1.82, 2.24) is 10.2 Å². The second-order valence-corrected chi connectivity index (χ2v) is 5.20. The van der Waals surface area contributed by atoms with Gasteiger partial charge in [-0.2, -0.15) is 10.2 Å². The standard InChI is InChI=1S/C16H20N2O/c1-11(2)10-19-15-8-6-5-7-14(15)16-13(4)12(3)9-17-18-16/h5-9,11H,10H2,1-4H3. The Balaban J connectivity index is 2.41. The van der Waals surface area contributed by atoms with Crippen LogP contribution in [0.15, 0.2) is 30.5 Å². The molecule has 3 heteroatoms. The predicted octanol–water partition coefficient (Wildman–Crippen LogP) is 3.80. The van der Waals surface area contributed by atoms with Crippen molar-refractivity contribution < 1.29 is 4.74 Å². The summed E-state index contributed by atoms with van der Waals surface area (Å²) in [7, 11) is 0. The first-order chi connectivity index (χ1) is 9.09. The molecule has 1 heterocycles. The second kappa shape index (κ2) is 5.83. The lowest BCUT2D eigenvalue weighted by Crippen LogP contribution is -2.06. The van der Waals surface area contributed by atoms with Gasteiger partial charge >= 0.3 is 0 Å². The Morgan fingerprint density at radius 1 is 1.16 bits per heavy atom. The van der Waals surface area contributed by atoms with E-state index in [9.17, 15) is 0 Å². The number of nitrogens with zero attached hydrogens (tertiary/aromatic N) is 2. The van der Waals surface area contributed by atoms with Crippen LogP contribution in [0.4, 0.5) is 0 Å². The van der Waals surface area contributed by atoms with Gasteiger partial charge < -0.3 is 4.74 Å². The fraction of sp³-hybridized carbons (Fsp3) is 0.375. The number of ether oxygens (including phenoxy) is 1. The molecule has 1 aromatic carbocycles. The van der Waals surface area contributed by atoms with Crippen LogP contribution in [0.5, 0.6) is 5.75 Å². The molecule has 0 saturated heterocycles. The van der Waals surface area contributed by atoms with E-state index in [1.54, 1.807) is 6.20 Å². The lowest BCUT2D eigenvalue weighted by atomic mass is 10.0. The number of hydrogen-bond donors (Lipinski definition) is 0. The van der Waals surface area contributed by atoms with E-state index >= 15 is 0 Å². The van der Waals surface area contributed by atoms with Gasteiger partial charge in [-0.3, -0.25) is 0 Å². The van der Waals surface area contributed by atoms with Gasteiger partial charge in [-0.05, 0) is 43.0 Å². The maximum Gasteiger partial charge on any atom is 0.128 e. The number of benzene rings is 1. The Morgan fingerprint density at radius 2 is 1.89 bits per heavy atom. The van der Waals surface area contributed by atoms with Gasteiger partial charge in [-0.15, -0.1) is 0 Å². The van der Waals surface area contributed by atoms with E-state index in [2.05, 4.69) is 31.0 Å². The Bertz CT molecular complexity index is 564. The largest absolute Gasteiger partial charge is 0.493 e. The van der Waals surface area contributed by atoms with Crippen molar-refractivity contribution in [2.75, 3.05) is 6.61 Å². The fourth-order valence-corrected chi connectivity index (χ4v) is 1.83. The second-order valence-electron chi connectivity index (χ2n) is 5.20. The first kappa shape index (κ1) is 13.5. The molecule has 3 nitrogen and oxygen atoms in total. The Morgan fingerprint density at radius 3 is 2.63 bits per heavy atom. The average molecular weight is 256 g/mol. The summed E-state index contributed by atoms with van der Waals surface area (Å²) in [5, 5.41) is 8.32. The molecule has 0 unspecified atom stereocenters. The zero-order valence-electron chi connectivity index (χ0n) is 12.0. The van der Waals surface area contributed by atoms with Gasteiger partial charge in [0.05, 0.1) is 18.5 Å². The van der Waals surface area contributed by atoms with Crippen LogP contribution in [0.2, 0.25) is 0 Å². The normalized spacial score (nSPS) is 10.8. The van der Waals surface area contributed by atoms with Gasteiger partial charge in [0.2, 0.25) is 0 Å². The fourth-order valence-electron chi connectivity index (χ4n) is 1.83. The quantitative estimate of drug-likeness (QED) is 0.834. The topological polar surface area (TPSA) is 35.0 Å². The highest BCUT2D eigenvalue weighted by Gasteiger charge is 2.12. The molecule has 0 N–H and O–H groups in total. The smallest absolute Gasteiger partial charge is 0.128 e. The minimum Gasteiger partial charge on any atom is -0.493 e. The summed E-state index contributed by atoms with van der Waals surface area (Å²) in [4.78, 5) is 0. The molecule has 1 aromatic heterocycles. The number of para-hydroxylation sites is 1. The third-order valence-corrected chi connectivity index (χ3v) is 3.07. The van der Waals surface area contributed by atoms with Crippen LogP contribution >= 0.6 is 0 Å². The summed E-state index contributed by atoms with van der Waals surface area (Å²) in [6, 6.07) is 8.01. The SMILES string of the molecule is Cc1cnnc(-c2ccccc2OCC(C)C)c1C. The molecular formula is C16H20N2O. The number of hydrogen-bond acceptors (Lipinski definition) is 3. The number of rotatable bonds is 4. The van der Waals surface area contributed by atoms with Crippen molar-refractivity contribution >= 4 is 0 Å². The van der Waals surface area contributed by atoms with Gasteiger partial charge in [-0.1, -0.05) is 26.0 Å². The molecule has 0 amide bonds. The molecule has 2 aromatic rings. The summed E-state index contributed by atoms with van der Waals surface area (Å²) in [6.07, 6.45) is 1.79. The zero-order chi connectivity index (χ0) is 13.8. The Labute approximate surface area is 114 Å². The average Bonchev–Trinajstić information content (AvgIpc) is 2.40. The van der Waals surface area contributed by atoms with Gasteiger partial charge in [0.15, 0.2) is 0 Å². The molecule has 0 fully saturated rings. The minimum absolute atomic E-state index is 0.498. The first-order valence-electron chi connectivity index (χ1n) is 6.60. The zero-order valence-corrected chi connectivity index (χ0v) is 12.0. The van der Waals surface area contributed by atoms with Crippen molar-refractivity contribution in [1.29, 1.82) is 0 Å². The first-order valence-corrected chi connectivity index (χ1v) is 6.60. The minimum atomic E-state index is 0.498. The molecular weight excluding hydrogens is 236 g/mol. The van der Waals surface area contributed by atoms with E-state index in [0.717, 1.165) is 28.1 Å². The molecule has 0 aliphatic carbocycles. The monoisotopic (exact) mass is 256 g/mol. The summed E-state index contributed by atoms with van der Waals surface area (Å²) in [5.74, 6) is 1.37. The van der Waals surface area contributed by atoms with Crippen molar-refractivity contribution in [3.05, 3.63) is 41.6 Å². The maximum absolute atomic E-state index is 5.88. The molecule has 0 bridgehead atoms. The van der Waals surface area contributed by atoms with Gasteiger partial charge in [-0.25, -0.2) is 0 Å². The van der Waals surface area contributed by atoms with E-state index in [0.29, 0.717) is 12.5 Å². The summed E-state index contributed by atoms with van der Waals surface area (Å²) in [5.41, 5.74) is 4.20. The highest BCUT2D eigenvalue weighted by atomic mass is 16.5. The molecule has 19 heavy (non-hydrogen) atoms. The van der Waals surface area contributed by atoms with Gasteiger partial charge in [0.25, 0.3) is 0 Å². The highest BCUT2D eigenvalue weighted by Crippen LogP contribution is 2.31. The third kappa shape index (κ3) is 3.11. The van der Waals surface area contributed by atoms with Gasteiger partial charge in [0.1, 0.15) is 5.75 Å². The van der Waals surface area contributed by atoms with Crippen LogP contribution in [0, 0.1) is 19.8 Å². The van der Waals surface area contributed by atoms with E-state index in [-0.39, 0.29) is 0 Å². The molecule has 0 spiro atoms. The van der Waals surface area contributed by atoms with Crippen molar-refractivity contribution in [3.8, 4) is 17.0 Å². The van der Waals surface area contributed by atoms with Crippen molar-refractivity contribution in [3.63, 3.8) is 0 Å². The van der Waals surface area contributed by atoms with Crippen LogP contribution in [0.25, 0.3) is 11.3 Å². The van der Waals surface area contributed by atoms with Crippen LogP contribution in [-0.4, -0.2) is 16.8 Å².